The van der Waals surface area contributed by atoms with Crippen molar-refractivity contribution in [2.45, 2.75) is 57.5 Å². The first-order chi connectivity index (χ1) is 15.9. The third kappa shape index (κ3) is 5.04. The van der Waals surface area contributed by atoms with Crippen LogP contribution in [0.2, 0.25) is 0 Å². The molecular formula is C21H25FN8O3. The molecule has 1 amide bonds. The number of H-pyrrole nitrogens is 1. The summed E-state index contributed by atoms with van der Waals surface area (Å²) in [6.45, 7) is 3.93. The summed E-state index contributed by atoms with van der Waals surface area (Å²) >= 11 is 0. The molecule has 12 heteroatoms. The average Bonchev–Trinajstić information content (AvgIpc) is 3.46. The van der Waals surface area contributed by atoms with Crippen LogP contribution in [0.5, 0.6) is 0 Å². The Bertz CT molecular complexity index is 1180. The van der Waals surface area contributed by atoms with Crippen molar-refractivity contribution >= 4 is 23.5 Å². The van der Waals surface area contributed by atoms with Crippen LogP contribution in [0.3, 0.4) is 0 Å². The van der Waals surface area contributed by atoms with Gasteiger partial charge < -0.3 is 20.1 Å². The smallest absolute Gasteiger partial charge is 0.407 e. The number of halogens is 1. The molecule has 11 nitrogen and oxygen atoms in total. The van der Waals surface area contributed by atoms with Gasteiger partial charge in [-0.1, -0.05) is 0 Å². The Balaban J connectivity index is 1.49. The number of imidazole rings is 1. The summed E-state index contributed by atoms with van der Waals surface area (Å²) in [5.74, 6) is 0.631. The van der Waals surface area contributed by atoms with Crippen LogP contribution in [-0.2, 0) is 16.1 Å². The number of methoxy groups -OCH3 is 1. The van der Waals surface area contributed by atoms with Crippen molar-refractivity contribution in [2.75, 3.05) is 12.4 Å². The molecule has 0 spiro atoms. The van der Waals surface area contributed by atoms with E-state index in [4.69, 9.17) is 9.47 Å². The molecule has 3 atom stereocenters. The highest BCUT2D eigenvalue weighted by Crippen LogP contribution is 2.38. The van der Waals surface area contributed by atoms with Gasteiger partial charge >= 0.3 is 6.09 Å². The standard InChI is InChI=1S/C21H25FN8O3/c1-11(2)24-21(31)33-17-5-12(4-15(17)22)16-7-18(29-28-16)27-20-26-13(8-23)6-19-25-14(10-32-3)9-30(19)20/h6-7,9,11-12,15,17H,4-5,10H2,1-3H3,(H,24,31)(H2,26,27,28,29)/t12-,15+,17-/m0/s1. The van der Waals surface area contributed by atoms with Crippen molar-refractivity contribution in [1.29, 1.82) is 5.26 Å². The lowest BCUT2D eigenvalue weighted by Gasteiger charge is -2.16. The monoisotopic (exact) mass is 456 g/mol. The highest BCUT2D eigenvalue weighted by Gasteiger charge is 2.38. The number of alkyl halides is 1. The van der Waals surface area contributed by atoms with Crippen LogP contribution in [0.1, 0.15) is 49.7 Å². The van der Waals surface area contributed by atoms with Crippen LogP contribution in [0.4, 0.5) is 21.0 Å². The summed E-state index contributed by atoms with van der Waals surface area (Å²) in [7, 11) is 1.57. The van der Waals surface area contributed by atoms with E-state index in [1.54, 1.807) is 29.8 Å². The third-order valence-corrected chi connectivity index (χ3v) is 5.28. The van der Waals surface area contributed by atoms with Crippen molar-refractivity contribution in [3.63, 3.8) is 0 Å². The molecule has 0 unspecified atom stereocenters. The van der Waals surface area contributed by atoms with E-state index < -0.39 is 18.4 Å². The minimum Gasteiger partial charge on any atom is -0.443 e. The first-order valence-electron chi connectivity index (χ1n) is 10.6. The van der Waals surface area contributed by atoms with Gasteiger partial charge in [-0.15, -0.1) is 0 Å². The number of nitrogens with one attached hydrogen (secondary N) is 3. The lowest BCUT2D eigenvalue weighted by molar-refractivity contribution is 0.0593. The Morgan fingerprint density at radius 1 is 1.39 bits per heavy atom. The number of rotatable bonds is 7. The number of hydrogen-bond donors (Lipinski definition) is 3. The summed E-state index contributed by atoms with van der Waals surface area (Å²) in [6.07, 6.45) is -0.361. The number of carbonyl (C=O) groups is 1. The zero-order valence-corrected chi connectivity index (χ0v) is 18.5. The topological polar surface area (TPSA) is 142 Å². The maximum Gasteiger partial charge on any atom is 0.407 e. The number of aromatic amines is 1. The number of anilines is 2. The summed E-state index contributed by atoms with van der Waals surface area (Å²) in [6, 6.07) is 5.27. The quantitative estimate of drug-likeness (QED) is 0.493. The largest absolute Gasteiger partial charge is 0.443 e. The second kappa shape index (κ2) is 9.41. The van der Waals surface area contributed by atoms with Crippen molar-refractivity contribution < 1.29 is 18.7 Å². The van der Waals surface area contributed by atoms with Crippen LogP contribution in [-0.4, -0.2) is 56.1 Å². The normalized spacial score (nSPS) is 20.2. The van der Waals surface area contributed by atoms with Gasteiger partial charge in [0, 0.05) is 43.1 Å². The molecule has 33 heavy (non-hydrogen) atoms. The number of amides is 1. The van der Waals surface area contributed by atoms with Gasteiger partial charge in [0.15, 0.2) is 5.82 Å². The Morgan fingerprint density at radius 3 is 2.94 bits per heavy atom. The SMILES string of the molecule is COCc1cn2c(Nc3cc([C@H]4C[C@@H](F)[C@@H](OC(=O)NC(C)C)C4)[nH]n3)nc(C#N)cc2n1. The zero-order chi connectivity index (χ0) is 23.5. The fraction of sp³-hybridized carbons (Fsp3) is 0.476. The number of hydrogen-bond acceptors (Lipinski definition) is 8. The summed E-state index contributed by atoms with van der Waals surface area (Å²) in [5.41, 5.74) is 2.15. The molecule has 4 rings (SSSR count). The minimum absolute atomic E-state index is 0.0883. The van der Waals surface area contributed by atoms with Gasteiger partial charge in [0.05, 0.1) is 12.3 Å². The second-order valence-electron chi connectivity index (χ2n) is 8.23. The van der Waals surface area contributed by atoms with Crippen LogP contribution in [0.15, 0.2) is 18.3 Å². The average molecular weight is 456 g/mol. The van der Waals surface area contributed by atoms with Gasteiger partial charge in [-0.25, -0.2) is 19.2 Å². The van der Waals surface area contributed by atoms with Gasteiger partial charge in [0.25, 0.3) is 0 Å². The molecule has 3 N–H and O–H groups in total. The van der Waals surface area contributed by atoms with E-state index in [1.165, 1.54) is 0 Å². The van der Waals surface area contributed by atoms with Crippen molar-refractivity contribution in [3.8, 4) is 6.07 Å². The number of aromatic nitrogens is 5. The summed E-state index contributed by atoms with van der Waals surface area (Å²) < 4.78 is 26.6. The molecule has 1 aliphatic rings. The number of nitrogens with zero attached hydrogens (tertiary/aromatic N) is 5. The van der Waals surface area contributed by atoms with Gasteiger partial charge in [0.2, 0.25) is 5.95 Å². The number of ether oxygens (including phenoxy) is 2. The fourth-order valence-electron chi connectivity index (χ4n) is 3.86. The van der Waals surface area contributed by atoms with Crippen LogP contribution in [0.25, 0.3) is 5.65 Å². The minimum atomic E-state index is -1.26. The molecule has 0 saturated heterocycles. The third-order valence-electron chi connectivity index (χ3n) is 5.28. The molecule has 3 heterocycles. The van der Waals surface area contributed by atoms with E-state index in [0.717, 1.165) is 0 Å². The Morgan fingerprint density at radius 2 is 2.21 bits per heavy atom. The number of carbonyl (C=O) groups excluding carboxylic acids is 1. The summed E-state index contributed by atoms with van der Waals surface area (Å²) in [5, 5.41) is 22.2. The number of fused-ring (bicyclic) bond motifs is 1. The lowest BCUT2D eigenvalue weighted by atomic mass is 10.0. The predicted molar refractivity (Wildman–Crippen MR) is 116 cm³/mol. The molecule has 174 valence electrons. The molecule has 0 bridgehead atoms. The predicted octanol–water partition coefficient (Wildman–Crippen LogP) is 2.93. The first-order valence-corrected chi connectivity index (χ1v) is 10.6. The van der Waals surface area contributed by atoms with E-state index in [0.29, 0.717) is 41.8 Å². The van der Waals surface area contributed by atoms with E-state index in [-0.39, 0.29) is 24.1 Å². The highest BCUT2D eigenvalue weighted by molar-refractivity contribution is 5.67. The molecule has 1 aliphatic carbocycles. The first kappa shape index (κ1) is 22.5. The van der Waals surface area contributed by atoms with Crippen LogP contribution >= 0.6 is 0 Å². The van der Waals surface area contributed by atoms with Gasteiger partial charge in [0.1, 0.15) is 29.7 Å². The lowest BCUT2D eigenvalue weighted by Crippen LogP contribution is -2.35. The van der Waals surface area contributed by atoms with Gasteiger partial charge in [-0.3, -0.25) is 9.50 Å². The molecule has 1 saturated carbocycles. The Labute approximate surface area is 189 Å². The molecule has 3 aromatic heterocycles. The molecule has 0 aliphatic heterocycles. The van der Waals surface area contributed by atoms with Crippen LogP contribution in [0, 0.1) is 11.3 Å². The van der Waals surface area contributed by atoms with Crippen molar-refractivity contribution in [3.05, 3.63) is 35.4 Å². The van der Waals surface area contributed by atoms with Gasteiger partial charge in [-0.2, -0.15) is 10.4 Å². The molecule has 0 radical (unpaired) electrons. The van der Waals surface area contributed by atoms with Gasteiger partial charge in [-0.05, 0) is 26.7 Å². The molecule has 3 aromatic rings. The Hall–Kier alpha value is -3.72. The molecule has 0 aromatic carbocycles. The molecular weight excluding hydrogens is 431 g/mol. The van der Waals surface area contributed by atoms with E-state index in [2.05, 4.69) is 30.8 Å². The zero-order valence-electron chi connectivity index (χ0n) is 18.5. The highest BCUT2D eigenvalue weighted by atomic mass is 19.1. The number of nitriles is 1. The van der Waals surface area contributed by atoms with Crippen molar-refractivity contribution in [2.24, 2.45) is 0 Å². The van der Waals surface area contributed by atoms with E-state index >= 15 is 0 Å². The van der Waals surface area contributed by atoms with Crippen molar-refractivity contribution in [1.82, 2.24) is 29.9 Å². The van der Waals surface area contributed by atoms with E-state index in [1.807, 2.05) is 19.9 Å². The maximum atomic E-state index is 14.5. The molecule has 1 fully saturated rings. The second-order valence-corrected chi connectivity index (χ2v) is 8.23. The fourth-order valence-corrected chi connectivity index (χ4v) is 3.86. The van der Waals surface area contributed by atoms with Crippen LogP contribution < -0.4 is 10.6 Å². The maximum absolute atomic E-state index is 14.5. The summed E-state index contributed by atoms with van der Waals surface area (Å²) in [4.78, 5) is 20.6. The Kier molecular flexibility index (Phi) is 6.41. The van der Waals surface area contributed by atoms with E-state index in [9.17, 15) is 14.4 Å². The number of alkyl carbamates (subject to hydrolysis) is 1.